The van der Waals surface area contributed by atoms with Gasteiger partial charge >= 0.3 is 0 Å². The number of methoxy groups -OCH3 is 2. The van der Waals surface area contributed by atoms with E-state index in [0.717, 1.165) is 27.8 Å². The minimum absolute atomic E-state index is 0.103. The van der Waals surface area contributed by atoms with Crippen molar-refractivity contribution in [1.29, 1.82) is 0 Å². The molecule has 1 heterocycles. The monoisotopic (exact) mass is 524 g/mol. The maximum absolute atomic E-state index is 13.5. The summed E-state index contributed by atoms with van der Waals surface area (Å²) in [5, 5.41) is 10.6. The lowest BCUT2D eigenvalue weighted by atomic mass is 10.3. The summed E-state index contributed by atoms with van der Waals surface area (Å²) < 4.78 is 52.4. The third-order valence-electron chi connectivity index (χ3n) is 4.32. The molecule has 0 spiro atoms. The quantitative estimate of drug-likeness (QED) is 0.229. The summed E-state index contributed by atoms with van der Waals surface area (Å²) in [7, 11) is -1.45. The lowest BCUT2D eigenvalue weighted by Gasteiger charge is -2.24. The number of nitrogens with zero attached hydrogens (tertiary/aromatic N) is 3. The SMILES string of the molecule is C=CCSc1nnc(NC(=O)CN(c2ccc(F)cc2)S(=O)(=O)c2ccc(OC)c(OC)c2)s1. The highest BCUT2D eigenvalue weighted by Gasteiger charge is 2.29. The average molecular weight is 525 g/mol. The second kappa shape index (κ2) is 11.3. The van der Waals surface area contributed by atoms with E-state index in [1.165, 1.54) is 56.3 Å². The van der Waals surface area contributed by atoms with Gasteiger partial charge < -0.3 is 9.47 Å². The van der Waals surface area contributed by atoms with Crippen molar-refractivity contribution in [2.45, 2.75) is 9.24 Å². The first kappa shape index (κ1) is 25.5. The molecule has 13 heteroatoms. The maximum Gasteiger partial charge on any atom is 0.264 e. The highest BCUT2D eigenvalue weighted by molar-refractivity contribution is 8.01. The van der Waals surface area contributed by atoms with Crippen LogP contribution in [0.25, 0.3) is 0 Å². The van der Waals surface area contributed by atoms with Crippen molar-refractivity contribution >= 4 is 49.8 Å². The lowest BCUT2D eigenvalue weighted by Crippen LogP contribution is -2.38. The number of carbonyl (C=O) groups excluding carboxylic acids is 1. The van der Waals surface area contributed by atoms with Gasteiger partial charge in [0.15, 0.2) is 15.8 Å². The third-order valence-corrected chi connectivity index (χ3v) is 8.06. The molecule has 0 saturated carbocycles. The number of nitrogens with one attached hydrogen (secondary N) is 1. The van der Waals surface area contributed by atoms with Gasteiger partial charge in [0, 0.05) is 11.8 Å². The smallest absolute Gasteiger partial charge is 0.264 e. The Morgan fingerprint density at radius 1 is 1.18 bits per heavy atom. The van der Waals surface area contributed by atoms with E-state index in [2.05, 4.69) is 22.1 Å². The third kappa shape index (κ3) is 6.04. The van der Waals surface area contributed by atoms with Crippen molar-refractivity contribution in [1.82, 2.24) is 10.2 Å². The normalized spacial score (nSPS) is 11.0. The second-order valence-corrected chi connectivity index (χ2v) is 10.6. The largest absolute Gasteiger partial charge is 0.493 e. The Hall–Kier alpha value is -3.16. The topological polar surface area (TPSA) is 111 Å². The van der Waals surface area contributed by atoms with Gasteiger partial charge in [0.05, 0.1) is 24.8 Å². The molecule has 0 aliphatic rings. The molecule has 0 atom stereocenters. The summed E-state index contributed by atoms with van der Waals surface area (Å²) in [5.41, 5.74) is 0.103. The molecule has 9 nitrogen and oxygen atoms in total. The van der Waals surface area contributed by atoms with E-state index in [-0.39, 0.29) is 21.5 Å². The van der Waals surface area contributed by atoms with Crippen molar-refractivity contribution < 1.29 is 27.1 Å². The first-order valence-corrected chi connectivity index (χ1v) is 12.9. The standard InChI is InChI=1S/C21H21FN4O5S3/c1-4-11-32-21-25-24-20(33-21)23-19(27)13-26(15-7-5-14(22)6-8-15)34(28,29)16-9-10-17(30-2)18(12-16)31-3/h4-10,12H,1,11,13H2,2-3H3,(H,23,24,27). The molecule has 2 aromatic carbocycles. The number of aromatic nitrogens is 2. The number of hydrogen-bond donors (Lipinski definition) is 1. The van der Waals surface area contributed by atoms with Crippen LogP contribution in [-0.2, 0) is 14.8 Å². The van der Waals surface area contributed by atoms with E-state index in [9.17, 15) is 17.6 Å². The van der Waals surface area contributed by atoms with Gasteiger partial charge in [0.25, 0.3) is 10.0 Å². The van der Waals surface area contributed by atoms with Crippen LogP contribution in [0.1, 0.15) is 0 Å². The van der Waals surface area contributed by atoms with E-state index in [1.807, 2.05) is 0 Å². The van der Waals surface area contributed by atoms with Gasteiger partial charge in [-0.3, -0.25) is 14.4 Å². The van der Waals surface area contributed by atoms with Crippen molar-refractivity contribution in [3.05, 3.63) is 60.9 Å². The van der Waals surface area contributed by atoms with Gasteiger partial charge in [-0.25, -0.2) is 12.8 Å². The zero-order chi connectivity index (χ0) is 24.7. The van der Waals surface area contributed by atoms with E-state index in [4.69, 9.17) is 9.47 Å². The number of carbonyl (C=O) groups is 1. The number of sulfonamides is 1. The average Bonchev–Trinajstić information content (AvgIpc) is 3.28. The van der Waals surface area contributed by atoms with Gasteiger partial charge in [-0.1, -0.05) is 29.2 Å². The Kier molecular flexibility index (Phi) is 8.47. The first-order chi connectivity index (χ1) is 16.3. The molecule has 1 N–H and O–H groups in total. The maximum atomic E-state index is 13.5. The van der Waals surface area contributed by atoms with Crippen LogP contribution in [0.4, 0.5) is 15.2 Å². The Bertz CT molecular complexity index is 1270. The first-order valence-electron chi connectivity index (χ1n) is 9.66. The summed E-state index contributed by atoms with van der Waals surface area (Å²) in [5.74, 6) is -0.0240. The Labute approximate surface area is 204 Å². The number of anilines is 2. The fourth-order valence-corrected chi connectivity index (χ4v) is 5.73. The summed E-state index contributed by atoms with van der Waals surface area (Å²) in [6.45, 7) is 3.05. The van der Waals surface area contributed by atoms with Crippen molar-refractivity contribution in [3.8, 4) is 11.5 Å². The molecular formula is C21H21FN4O5S3. The number of rotatable bonds is 11. The predicted octanol–water partition coefficient (Wildman–Crippen LogP) is 3.81. The number of benzene rings is 2. The van der Waals surface area contributed by atoms with Crippen molar-refractivity contribution in [3.63, 3.8) is 0 Å². The lowest BCUT2D eigenvalue weighted by molar-refractivity contribution is -0.114. The van der Waals surface area contributed by atoms with Crippen LogP contribution in [0.2, 0.25) is 0 Å². The zero-order valence-corrected chi connectivity index (χ0v) is 20.7. The van der Waals surface area contributed by atoms with Gasteiger partial charge in [0.2, 0.25) is 11.0 Å². The number of amides is 1. The molecule has 0 aliphatic heterocycles. The summed E-state index contributed by atoms with van der Waals surface area (Å²) >= 11 is 2.55. The molecule has 0 aliphatic carbocycles. The molecule has 0 unspecified atom stereocenters. The van der Waals surface area contributed by atoms with Crippen LogP contribution < -0.4 is 19.1 Å². The summed E-state index contributed by atoms with van der Waals surface area (Å²) in [4.78, 5) is 12.6. The van der Waals surface area contributed by atoms with Crippen LogP contribution in [-0.4, -0.2) is 51.0 Å². The zero-order valence-electron chi connectivity index (χ0n) is 18.2. The molecule has 1 amide bonds. The molecule has 180 valence electrons. The highest BCUT2D eigenvalue weighted by Crippen LogP contribution is 2.32. The summed E-state index contributed by atoms with van der Waals surface area (Å²) in [6, 6.07) is 8.83. The highest BCUT2D eigenvalue weighted by atomic mass is 32.2. The van der Waals surface area contributed by atoms with E-state index in [0.29, 0.717) is 15.8 Å². The van der Waals surface area contributed by atoms with Gasteiger partial charge in [-0.2, -0.15) is 0 Å². The molecule has 1 aromatic heterocycles. The number of hydrogen-bond acceptors (Lipinski definition) is 9. The summed E-state index contributed by atoms with van der Waals surface area (Å²) in [6.07, 6.45) is 1.71. The molecule has 0 saturated heterocycles. The van der Waals surface area contributed by atoms with Crippen LogP contribution in [0.5, 0.6) is 11.5 Å². The molecule has 0 fully saturated rings. The Balaban J connectivity index is 1.91. The van der Waals surface area contributed by atoms with Gasteiger partial charge in [-0.05, 0) is 36.4 Å². The van der Waals surface area contributed by atoms with E-state index in [1.54, 1.807) is 6.08 Å². The fourth-order valence-electron chi connectivity index (χ4n) is 2.76. The van der Waals surface area contributed by atoms with Gasteiger partial charge in [0.1, 0.15) is 12.4 Å². The van der Waals surface area contributed by atoms with E-state index >= 15 is 0 Å². The van der Waals surface area contributed by atoms with Crippen LogP contribution in [0.3, 0.4) is 0 Å². The minimum Gasteiger partial charge on any atom is -0.493 e. The Morgan fingerprint density at radius 3 is 2.53 bits per heavy atom. The predicted molar refractivity (Wildman–Crippen MR) is 130 cm³/mol. The van der Waals surface area contributed by atoms with Crippen LogP contribution >= 0.6 is 23.1 Å². The van der Waals surface area contributed by atoms with Crippen LogP contribution in [0, 0.1) is 5.82 Å². The van der Waals surface area contributed by atoms with Crippen molar-refractivity contribution in [2.24, 2.45) is 0 Å². The molecule has 34 heavy (non-hydrogen) atoms. The van der Waals surface area contributed by atoms with Crippen molar-refractivity contribution in [2.75, 3.05) is 36.1 Å². The molecule has 3 rings (SSSR count). The minimum atomic E-state index is -4.25. The fraction of sp³-hybridized carbons (Fsp3) is 0.190. The second-order valence-electron chi connectivity index (χ2n) is 6.53. The molecule has 0 radical (unpaired) electrons. The number of halogens is 1. The Morgan fingerprint density at radius 2 is 1.88 bits per heavy atom. The van der Waals surface area contributed by atoms with Crippen LogP contribution in [0.15, 0.2) is 64.4 Å². The molecule has 0 bridgehead atoms. The van der Waals surface area contributed by atoms with Gasteiger partial charge in [-0.15, -0.1) is 16.8 Å². The molecular weight excluding hydrogens is 503 g/mol. The number of thioether (sulfide) groups is 1. The van der Waals surface area contributed by atoms with E-state index < -0.39 is 28.3 Å². The number of ether oxygens (including phenoxy) is 2. The molecule has 3 aromatic rings.